The van der Waals surface area contributed by atoms with Gasteiger partial charge in [0.15, 0.2) is 0 Å². The van der Waals surface area contributed by atoms with E-state index in [0.717, 1.165) is 62.1 Å². The molecule has 3 unspecified atom stereocenters. The SMILES string of the molecule is O=C1c2ccc(OC[C@@H]3CCCO3)cc2CCN1c1ccc(N2CCC(N3CC4CCCCC4C3)C2)c(F)c1. The van der Waals surface area contributed by atoms with Crippen LogP contribution in [0, 0.1) is 17.7 Å². The van der Waals surface area contributed by atoms with Gasteiger partial charge < -0.3 is 19.3 Å². The summed E-state index contributed by atoms with van der Waals surface area (Å²) in [4.78, 5) is 20.0. The van der Waals surface area contributed by atoms with Crippen molar-refractivity contribution in [3.8, 4) is 5.75 Å². The van der Waals surface area contributed by atoms with Crippen LogP contribution in [0.1, 0.15) is 60.9 Å². The number of amides is 1. The van der Waals surface area contributed by atoms with E-state index in [1.165, 1.54) is 38.8 Å². The quantitative estimate of drug-likeness (QED) is 0.505. The maximum Gasteiger partial charge on any atom is 0.258 e. The highest BCUT2D eigenvalue weighted by atomic mass is 19.1. The largest absolute Gasteiger partial charge is 0.491 e. The molecular weight excluding hydrogens is 493 g/mol. The minimum absolute atomic E-state index is 0.0780. The van der Waals surface area contributed by atoms with Gasteiger partial charge in [0.25, 0.3) is 5.91 Å². The number of hydrogen-bond acceptors (Lipinski definition) is 5. The van der Waals surface area contributed by atoms with Crippen molar-refractivity contribution < 1.29 is 18.7 Å². The molecule has 5 aliphatic rings. The molecular formula is C32H40FN3O3. The molecule has 4 aliphatic heterocycles. The summed E-state index contributed by atoms with van der Waals surface area (Å²) in [6.45, 7) is 6.12. The summed E-state index contributed by atoms with van der Waals surface area (Å²) in [6.07, 6.45) is 9.64. The first-order valence-corrected chi connectivity index (χ1v) is 15.1. The van der Waals surface area contributed by atoms with Crippen molar-refractivity contribution in [2.24, 2.45) is 11.8 Å². The highest BCUT2D eigenvalue weighted by molar-refractivity contribution is 6.08. The summed E-state index contributed by atoms with van der Waals surface area (Å²) >= 11 is 0. The molecule has 39 heavy (non-hydrogen) atoms. The number of carbonyl (C=O) groups is 1. The van der Waals surface area contributed by atoms with Gasteiger partial charge in [0.05, 0.1) is 11.8 Å². The molecule has 7 heteroatoms. The lowest BCUT2D eigenvalue weighted by Crippen LogP contribution is -2.38. The fourth-order valence-corrected chi connectivity index (χ4v) is 7.68. The van der Waals surface area contributed by atoms with Gasteiger partial charge in [0.2, 0.25) is 0 Å². The van der Waals surface area contributed by atoms with E-state index >= 15 is 4.39 Å². The maximum atomic E-state index is 15.5. The molecule has 4 fully saturated rings. The minimum Gasteiger partial charge on any atom is -0.491 e. The van der Waals surface area contributed by atoms with Crippen molar-refractivity contribution >= 4 is 17.3 Å². The first-order valence-electron chi connectivity index (χ1n) is 15.1. The first-order chi connectivity index (χ1) is 19.1. The number of anilines is 2. The molecule has 1 saturated carbocycles. The van der Waals surface area contributed by atoms with E-state index in [0.29, 0.717) is 42.6 Å². The molecule has 0 N–H and O–H groups in total. The lowest BCUT2D eigenvalue weighted by molar-refractivity contribution is 0.0679. The summed E-state index contributed by atoms with van der Waals surface area (Å²) < 4.78 is 27.1. The fraction of sp³-hybridized carbons (Fsp3) is 0.594. The van der Waals surface area contributed by atoms with Crippen LogP contribution >= 0.6 is 0 Å². The third-order valence-corrected chi connectivity index (χ3v) is 9.88. The molecule has 0 spiro atoms. The van der Waals surface area contributed by atoms with Crippen LogP contribution in [0.5, 0.6) is 5.75 Å². The summed E-state index contributed by atoms with van der Waals surface area (Å²) in [7, 11) is 0. The first kappa shape index (κ1) is 25.3. The maximum absolute atomic E-state index is 15.5. The molecule has 0 bridgehead atoms. The summed E-state index contributed by atoms with van der Waals surface area (Å²) in [5.41, 5.74) is 2.95. The highest BCUT2D eigenvalue weighted by Gasteiger charge is 2.39. The zero-order chi connectivity index (χ0) is 26.3. The molecule has 0 aromatic heterocycles. The minimum atomic E-state index is -0.236. The van der Waals surface area contributed by atoms with E-state index in [9.17, 15) is 4.79 Å². The second-order valence-electron chi connectivity index (χ2n) is 12.3. The van der Waals surface area contributed by atoms with E-state index in [2.05, 4.69) is 9.80 Å². The van der Waals surface area contributed by atoms with Crippen molar-refractivity contribution in [3.63, 3.8) is 0 Å². The molecule has 2 aromatic rings. The van der Waals surface area contributed by atoms with E-state index in [4.69, 9.17) is 9.47 Å². The Labute approximate surface area is 231 Å². The Balaban J connectivity index is 0.994. The molecule has 1 amide bonds. The average molecular weight is 534 g/mol. The predicted octanol–water partition coefficient (Wildman–Crippen LogP) is 5.29. The van der Waals surface area contributed by atoms with Crippen molar-refractivity contribution in [2.75, 3.05) is 55.7 Å². The Kier molecular flexibility index (Phi) is 6.97. The molecule has 6 nitrogen and oxygen atoms in total. The number of fused-ring (bicyclic) bond motifs is 2. The monoisotopic (exact) mass is 533 g/mol. The van der Waals surface area contributed by atoms with Crippen LogP contribution in [0.15, 0.2) is 36.4 Å². The van der Waals surface area contributed by atoms with Crippen molar-refractivity contribution in [3.05, 3.63) is 53.3 Å². The van der Waals surface area contributed by atoms with E-state index in [1.807, 2.05) is 30.3 Å². The topological polar surface area (TPSA) is 45.3 Å². The van der Waals surface area contributed by atoms with Gasteiger partial charge in [-0.3, -0.25) is 9.69 Å². The van der Waals surface area contributed by atoms with Crippen molar-refractivity contribution in [1.82, 2.24) is 4.90 Å². The predicted molar refractivity (Wildman–Crippen MR) is 150 cm³/mol. The van der Waals surface area contributed by atoms with Gasteiger partial charge in [0, 0.05) is 56.6 Å². The number of ether oxygens (including phenoxy) is 2. The second kappa shape index (κ2) is 10.7. The van der Waals surface area contributed by atoms with Crippen LogP contribution in [0.3, 0.4) is 0 Å². The van der Waals surface area contributed by atoms with Crippen LogP contribution in [0.2, 0.25) is 0 Å². The Hall–Kier alpha value is -2.64. The number of nitrogens with zero attached hydrogens (tertiary/aromatic N) is 3. The lowest BCUT2D eigenvalue weighted by Gasteiger charge is -2.30. The number of rotatable bonds is 6. The van der Waals surface area contributed by atoms with Gasteiger partial charge in [-0.15, -0.1) is 0 Å². The van der Waals surface area contributed by atoms with Crippen LogP contribution in [0.4, 0.5) is 15.8 Å². The molecule has 208 valence electrons. The second-order valence-corrected chi connectivity index (χ2v) is 12.3. The molecule has 7 rings (SSSR count). The number of carbonyl (C=O) groups excluding carboxylic acids is 1. The summed E-state index contributed by atoms with van der Waals surface area (Å²) in [6, 6.07) is 11.5. The standard InChI is InChI=1S/C32H40FN3O3/c33-30-17-25(7-10-31(30)34-13-12-26(20-34)35-18-23-4-1-2-5-24(23)19-35)36-14-11-22-16-27(8-9-29(22)32(36)37)39-21-28-6-3-15-38-28/h7-10,16-17,23-24,26,28H,1-6,11-15,18-21H2/t23?,24?,26?,28-/m0/s1. The summed E-state index contributed by atoms with van der Waals surface area (Å²) in [5.74, 6) is 2.21. The molecule has 4 atom stereocenters. The van der Waals surface area contributed by atoms with E-state index in [1.54, 1.807) is 11.0 Å². The lowest BCUT2D eigenvalue weighted by atomic mass is 9.82. The average Bonchev–Trinajstić information content (AvgIpc) is 3.73. The van der Waals surface area contributed by atoms with Gasteiger partial charge >= 0.3 is 0 Å². The van der Waals surface area contributed by atoms with Gasteiger partial charge in [0.1, 0.15) is 18.2 Å². The third kappa shape index (κ3) is 5.04. The third-order valence-electron chi connectivity index (χ3n) is 9.88. The van der Waals surface area contributed by atoms with Crippen LogP contribution in [-0.2, 0) is 11.2 Å². The normalized spacial score (nSPS) is 29.1. The van der Waals surface area contributed by atoms with Crippen LogP contribution < -0.4 is 14.5 Å². The number of halogens is 1. The van der Waals surface area contributed by atoms with Gasteiger partial charge in [-0.05, 0) is 92.3 Å². The van der Waals surface area contributed by atoms with Crippen LogP contribution in [0.25, 0.3) is 0 Å². The van der Waals surface area contributed by atoms with Crippen LogP contribution in [-0.4, -0.2) is 68.9 Å². The highest BCUT2D eigenvalue weighted by Crippen LogP contribution is 2.39. The van der Waals surface area contributed by atoms with Crippen molar-refractivity contribution in [2.45, 2.75) is 63.5 Å². The Bertz CT molecular complexity index is 1200. The number of hydrogen-bond donors (Lipinski definition) is 0. The molecule has 0 radical (unpaired) electrons. The Morgan fingerprint density at radius 1 is 0.923 bits per heavy atom. The fourth-order valence-electron chi connectivity index (χ4n) is 7.68. The molecule has 3 saturated heterocycles. The number of likely N-dealkylation sites (tertiary alicyclic amines) is 1. The Morgan fingerprint density at radius 3 is 2.54 bits per heavy atom. The molecule has 2 aromatic carbocycles. The van der Waals surface area contributed by atoms with Gasteiger partial charge in [-0.2, -0.15) is 0 Å². The van der Waals surface area contributed by atoms with Crippen molar-refractivity contribution in [1.29, 1.82) is 0 Å². The van der Waals surface area contributed by atoms with E-state index in [-0.39, 0.29) is 17.8 Å². The van der Waals surface area contributed by atoms with Gasteiger partial charge in [-0.25, -0.2) is 4.39 Å². The van der Waals surface area contributed by atoms with Gasteiger partial charge in [-0.1, -0.05) is 12.8 Å². The Morgan fingerprint density at radius 2 is 1.77 bits per heavy atom. The smallest absolute Gasteiger partial charge is 0.258 e. The number of benzene rings is 2. The summed E-state index contributed by atoms with van der Waals surface area (Å²) in [5, 5.41) is 0. The molecule has 1 aliphatic carbocycles. The van der Waals surface area contributed by atoms with E-state index < -0.39 is 0 Å². The zero-order valence-electron chi connectivity index (χ0n) is 22.8. The molecule has 4 heterocycles. The zero-order valence-corrected chi connectivity index (χ0v) is 22.8.